The molecule has 2 atom stereocenters. The molecule has 8 aromatic carbocycles. The minimum absolute atomic E-state index is 0.326. The molecule has 4 aliphatic carbocycles. The van der Waals surface area contributed by atoms with Crippen LogP contribution in [0.15, 0.2) is 188 Å². The molecule has 0 nitrogen and oxygen atoms in total. The predicted octanol–water partition coefficient (Wildman–Crippen LogP) is 17.1. The number of hydrogen-bond donors (Lipinski definition) is 0. The van der Waals surface area contributed by atoms with Crippen molar-refractivity contribution in [3.05, 3.63) is 255 Å². The van der Waals surface area contributed by atoms with Gasteiger partial charge in [0.1, 0.15) is 0 Å². The van der Waals surface area contributed by atoms with Crippen molar-refractivity contribution in [2.75, 3.05) is 0 Å². The molecular weight excluding hydrogens is 1000 g/mol. The maximum absolute atomic E-state index is 3.81. The van der Waals surface area contributed by atoms with E-state index >= 15 is 0 Å². The lowest BCUT2D eigenvalue weighted by Gasteiger charge is -2.38. The maximum atomic E-state index is 3.81. The Labute approximate surface area is 392 Å². The van der Waals surface area contributed by atoms with Crippen LogP contribution < -0.4 is 0 Å². The van der Waals surface area contributed by atoms with Gasteiger partial charge >= 0.3 is 0 Å². The van der Waals surface area contributed by atoms with E-state index in [1.54, 1.807) is 0 Å². The van der Waals surface area contributed by atoms with E-state index in [0.29, 0.717) is 11.8 Å². The molecule has 0 saturated carbocycles. The van der Waals surface area contributed by atoms with Gasteiger partial charge in [-0.05, 0) is 167 Å². The number of fused-ring (bicyclic) bond motifs is 8. The lowest BCUT2D eigenvalue weighted by molar-refractivity contribution is 0.649. The van der Waals surface area contributed by atoms with E-state index in [9.17, 15) is 0 Å². The molecule has 12 rings (SSSR count). The van der Waals surface area contributed by atoms with E-state index in [-0.39, 0.29) is 5.41 Å². The predicted molar refractivity (Wildman–Crippen MR) is 269 cm³/mol. The van der Waals surface area contributed by atoms with Gasteiger partial charge in [0.2, 0.25) is 0 Å². The second-order valence-corrected chi connectivity index (χ2v) is 20.7. The van der Waals surface area contributed by atoms with Crippen LogP contribution in [0, 0.1) is 0 Å². The highest BCUT2D eigenvalue weighted by Crippen LogP contribution is 2.59. The Morgan fingerprint density at radius 3 is 1.34 bits per heavy atom. The normalized spacial score (nSPS) is 16.7. The van der Waals surface area contributed by atoms with E-state index in [0.717, 1.165) is 17.9 Å². The van der Waals surface area contributed by atoms with E-state index < -0.39 is 0 Å². The average molecular weight is 1040 g/mol. The van der Waals surface area contributed by atoms with Crippen molar-refractivity contribution >= 4 is 74.9 Å². The van der Waals surface area contributed by atoms with Crippen molar-refractivity contribution in [1.82, 2.24) is 0 Å². The largest absolute Gasteiger partial charge is 0.0714 e. The van der Waals surface area contributed by atoms with Crippen LogP contribution in [0.5, 0.6) is 0 Å². The molecule has 0 aliphatic heterocycles. The highest BCUT2D eigenvalue weighted by Gasteiger charge is 2.47. The number of hydrogen-bond acceptors (Lipinski definition) is 0. The fourth-order valence-electron chi connectivity index (χ4n) is 10.7. The summed E-state index contributed by atoms with van der Waals surface area (Å²) in [6.45, 7) is 4.71. The molecule has 61 heavy (non-hydrogen) atoms. The van der Waals surface area contributed by atoms with Crippen LogP contribution in [0.1, 0.15) is 92.4 Å². The number of halogens is 4. The van der Waals surface area contributed by atoms with Crippen LogP contribution in [0.2, 0.25) is 0 Å². The standard InChI is InChI=1S/C31H24Br2.C26H16Br2/c1-17-11-19-3-5-21(13-27(17)19)31(22-6-4-20-12-18(2)28(20)14-22)29-15-23(32)7-9-25(29)26-10-8-24(33)16-30(26)31;27-19-14-18(15-20(28)16-19)25(17-8-2-1-3-9-17)26-23-12-6-4-10-21(23)22-11-5-7-13-24(22)26/h3-10,13-18H,11-12H2,1-2H3;1-16H. The van der Waals surface area contributed by atoms with Crippen molar-refractivity contribution in [2.24, 2.45) is 0 Å². The molecule has 2 unspecified atom stereocenters. The summed E-state index contributed by atoms with van der Waals surface area (Å²) in [7, 11) is 0. The minimum atomic E-state index is -0.326. The Morgan fingerprint density at radius 2 is 0.869 bits per heavy atom. The van der Waals surface area contributed by atoms with E-state index in [1.165, 1.54) is 113 Å². The Balaban J connectivity index is 0.000000140. The Morgan fingerprint density at radius 1 is 0.410 bits per heavy atom. The zero-order chi connectivity index (χ0) is 41.6. The third-order valence-corrected chi connectivity index (χ3v) is 15.4. The summed E-state index contributed by atoms with van der Waals surface area (Å²) in [6.07, 6.45) is 2.40. The lowest BCUT2D eigenvalue weighted by atomic mass is 9.64. The molecule has 0 heterocycles. The van der Waals surface area contributed by atoms with Crippen molar-refractivity contribution in [3.63, 3.8) is 0 Å². The quantitative estimate of drug-likeness (QED) is 0.165. The van der Waals surface area contributed by atoms with Crippen LogP contribution in [0.3, 0.4) is 0 Å². The van der Waals surface area contributed by atoms with Gasteiger partial charge in [-0.15, -0.1) is 0 Å². The van der Waals surface area contributed by atoms with Crippen LogP contribution in [0.25, 0.3) is 33.4 Å². The number of rotatable bonds is 4. The van der Waals surface area contributed by atoms with Crippen LogP contribution in [-0.2, 0) is 18.3 Å². The highest BCUT2D eigenvalue weighted by atomic mass is 79.9. The highest BCUT2D eigenvalue weighted by molar-refractivity contribution is 9.11. The first-order valence-corrected chi connectivity index (χ1v) is 24.2. The molecule has 0 bridgehead atoms. The smallest absolute Gasteiger partial charge is 0.0622 e. The van der Waals surface area contributed by atoms with E-state index in [2.05, 4.69) is 247 Å². The third-order valence-electron chi connectivity index (χ3n) is 13.5. The number of benzene rings is 8. The fraction of sp³-hybridized carbons (Fsp3) is 0.123. The first-order chi connectivity index (χ1) is 29.7. The van der Waals surface area contributed by atoms with Gasteiger partial charge in [-0.3, -0.25) is 0 Å². The Hall–Kier alpha value is -4.58. The van der Waals surface area contributed by atoms with Crippen molar-refractivity contribution in [3.8, 4) is 22.3 Å². The first-order valence-electron chi connectivity index (χ1n) is 21.0. The monoisotopic (exact) mass is 1040 g/mol. The second kappa shape index (κ2) is 15.3. The zero-order valence-corrected chi connectivity index (χ0v) is 40.1. The van der Waals surface area contributed by atoms with Crippen molar-refractivity contribution in [2.45, 2.75) is 43.9 Å². The van der Waals surface area contributed by atoms with Gasteiger partial charge in [-0.2, -0.15) is 0 Å². The molecular formula is C57H40Br4. The van der Waals surface area contributed by atoms with Crippen LogP contribution in [0.4, 0.5) is 0 Å². The molecule has 296 valence electrons. The minimum Gasteiger partial charge on any atom is -0.0622 e. The van der Waals surface area contributed by atoms with Gasteiger partial charge in [-0.1, -0.05) is 205 Å². The molecule has 0 saturated heterocycles. The molecule has 4 heteroatoms. The molecule has 0 amide bonds. The average Bonchev–Trinajstić information content (AvgIpc) is 3.73. The van der Waals surface area contributed by atoms with E-state index in [4.69, 9.17) is 0 Å². The Bertz CT molecular complexity index is 2940. The summed E-state index contributed by atoms with van der Waals surface area (Å²) in [6, 6.07) is 62.8. The zero-order valence-electron chi connectivity index (χ0n) is 33.7. The topological polar surface area (TPSA) is 0 Å². The lowest BCUT2D eigenvalue weighted by Crippen LogP contribution is -2.31. The van der Waals surface area contributed by atoms with Gasteiger partial charge in [0.25, 0.3) is 0 Å². The third kappa shape index (κ3) is 6.38. The molecule has 0 radical (unpaired) electrons. The van der Waals surface area contributed by atoms with Crippen LogP contribution in [-0.4, -0.2) is 0 Å². The summed E-state index contributed by atoms with van der Waals surface area (Å²) in [5.41, 5.74) is 24.1. The molecule has 0 spiro atoms. The fourth-order valence-corrected chi connectivity index (χ4v) is 12.7. The summed E-state index contributed by atoms with van der Waals surface area (Å²) in [5.74, 6) is 1.28. The SMILES string of the molecule is Brc1cc(Br)cc(C(=C2c3ccccc3-c3ccccc32)c2ccccc2)c1.CC1Cc2ccc(C3(c4ccc5c(c4)C(C)C5)c4cc(Br)ccc4-c4ccc(Br)cc43)cc21. The van der Waals surface area contributed by atoms with Crippen LogP contribution >= 0.6 is 63.7 Å². The first kappa shape index (κ1) is 39.3. The Kier molecular flexibility index (Phi) is 9.88. The molecule has 0 aromatic heterocycles. The van der Waals surface area contributed by atoms with Gasteiger partial charge in [0.05, 0.1) is 5.41 Å². The van der Waals surface area contributed by atoms with E-state index in [1.807, 2.05) is 0 Å². The second-order valence-electron chi connectivity index (χ2n) is 17.0. The van der Waals surface area contributed by atoms with Crippen molar-refractivity contribution < 1.29 is 0 Å². The van der Waals surface area contributed by atoms with Gasteiger partial charge in [0.15, 0.2) is 0 Å². The van der Waals surface area contributed by atoms with Gasteiger partial charge in [-0.25, -0.2) is 0 Å². The molecule has 8 aromatic rings. The molecule has 0 fully saturated rings. The maximum Gasteiger partial charge on any atom is 0.0714 e. The van der Waals surface area contributed by atoms with Crippen molar-refractivity contribution in [1.29, 1.82) is 0 Å². The molecule has 4 aliphatic rings. The molecule has 0 N–H and O–H groups in total. The van der Waals surface area contributed by atoms with Gasteiger partial charge in [0, 0.05) is 17.9 Å². The summed E-state index contributed by atoms with van der Waals surface area (Å²) in [5, 5.41) is 0. The van der Waals surface area contributed by atoms with Gasteiger partial charge < -0.3 is 0 Å². The summed E-state index contributed by atoms with van der Waals surface area (Å²) >= 11 is 15.0. The summed E-state index contributed by atoms with van der Waals surface area (Å²) < 4.78 is 4.38. The summed E-state index contributed by atoms with van der Waals surface area (Å²) in [4.78, 5) is 0.